The largest absolute Gasteiger partial charge is 0.486 e. The fraction of sp³-hybridized carbons (Fsp3) is 0.375. The Morgan fingerprint density at radius 3 is 2.79 bits per heavy atom. The number of nitriles is 1. The van der Waals surface area contributed by atoms with Gasteiger partial charge >= 0.3 is 0 Å². The first-order chi connectivity index (χ1) is 13.1. The molecule has 1 aromatic carbocycles. The predicted octanol–water partition coefficient (Wildman–Crippen LogP) is 0.260. The van der Waals surface area contributed by atoms with E-state index in [9.17, 15) is 23.0 Å². The van der Waals surface area contributed by atoms with E-state index in [1.54, 1.807) is 6.07 Å². The summed E-state index contributed by atoms with van der Waals surface area (Å²) in [6, 6.07) is 5.13. The van der Waals surface area contributed by atoms with Crippen molar-refractivity contribution in [2.45, 2.75) is 16.7 Å². The van der Waals surface area contributed by atoms with Crippen molar-refractivity contribution >= 4 is 21.6 Å². The van der Waals surface area contributed by atoms with E-state index in [1.165, 1.54) is 25.4 Å². The zero-order chi connectivity index (χ0) is 20.7. The molecular formula is C16H16ClFN4O5S. The lowest BCUT2D eigenvalue weighted by molar-refractivity contribution is -0.0641. The zero-order valence-corrected chi connectivity index (χ0v) is 16.2. The molecule has 28 heavy (non-hydrogen) atoms. The van der Waals surface area contributed by atoms with Crippen LogP contribution < -0.4 is 4.74 Å². The van der Waals surface area contributed by atoms with Crippen molar-refractivity contribution in [3.8, 4) is 11.8 Å². The third-order valence-electron chi connectivity index (χ3n) is 4.46. The molecule has 1 fully saturated rings. The molecule has 0 amide bonds. The van der Waals surface area contributed by atoms with Crippen molar-refractivity contribution in [2.24, 2.45) is 7.05 Å². The Balaban J connectivity index is 1.90. The molecule has 0 spiro atoms. The summed E-state index contributed by atoms with van der Waals surface area (Å²) >= 11 is 5.92. The molecule has 2 aromatic rings. The van der Waals surface area contributed by atoms with Gasteiger partial charge < -0.3 is 14.9 Å². The summed E-state index contributed by atoms with van der Waals surface area (Å²) in [5, 5.41) is 32.5. The second-order valence-corrected chi connectivity index (χ2v) is 8.60. The number of aromatic nitrogens is 2. The average Bonchev–Trinajstić information content (AvgIpc) is 3.16. The SMILES string of the molecule is Cn1ncc(Cl)c1S(=O)(=O)N1C[C@H](Oc2ccc(C#N)c(F)c2)[C@](O)(CO)C1. The number of rotatable bonds is 5. The molecule has 0 bridgehead atoms. The first-order valence-electron chi connectivity index (χ1n) is 7.99. The van der Waals surface area contributed by atoms with Crippen molar-refractivity contribution in [3.05, 3.63) is 40.8 Å². The molecule has 150 valence electrons. The lowest BCUT2D eigenvalue weighted by Gasteiger charge is -2.27. The molecule has 1 aliphatic rings. The monoisotopic (exact) mass is 430 g/mol. The van der Waals surface area contributed by atoms with E-state index in [4.69, 9.17) is 21.6 Å². The Bertz CT molecular complexity index is 1030. The number of nitrogens with zero attached hydrogens (tertiary/aromatic N) is 4. The van der Waals surface area contributed by atoms with Crippen LogP contribution in [0.25, 0.3) is 0 Å². The lowest BCUT2D eigenvalue weighted by Crippen LogP contribution is -2.48. The number of hydrogen-bond acceptors (Lipinski definition) is 7. The molecule has 2 N–H and O–H groups in total. The Kier molecular flexibility index (Phi) is 5.35. The van der Waals surface area contributed by atoms with Gasteiger partial charge in [0.15, 0.2) is 5.03 Å². The molecule has 0 unspecified atom stereocenters. The van der Waals surface area contributed by atoms with Gasteiger partial charge in [-0.1, -0.05) is 11.6 Å². The Hall–Kier alpha value is -2.23. The minimum atomic E-state index is -4.15. The predicted molar refractivity (Wildman–Crippen MR) is 94.5 cm³/mol. The summed E-state index contributed by atoms with van der Waals surface area (Å²) < 4.78 is 47.2. The highest BCUT2D eigenvalue weighted by atomic mass is 35.5. The van der Waals surface area contributed by atoms with Gasteiger partial charge in [-0.05, 0) is 12.1 Å². The van der Waals surface area contributed by atoms with Crippen LogP contribution in [0.15, 0.2) is 29.4 Å². The minimum Gasteiger partial charge on any atom is -0.486 e. The highest BCUT2D eigenvalue weighted by molar-refractivity contribution is 7.89. The van der Waals surface area contributed by atoms with E-state index in [2.05, 4.69) is 5.10 Å². The minimum absolute atomic E-state index is 0.0220. The van der Waals surface area contributed by atoms with Crippen LogP contribution in [0.3, 0.4) is 0 Å². The van der Waals surface area contributed by atoms with E-state index in [1.807, 2.05) is 0 Å². The van der Waals surface area contributed by atoms with E-state index >= 15 is 0 Å². The zero-order valence-electron chi connectivity index (χ0n) is 14.6. The fourth-order valence-electron chi connectivity index (χ4n) is 2.94. The number of benzene rings is 1. The maximum Gasteiger partial charge on any atom is 0.261 e. The van der Waals surface area contributed by atoms with E-state index in [-0.39, 0.29) is 27.9 Å². The average molecular weight is 431 g/mol. The number of β-amino-alcohol motifs (C(OH)–C–C–N with tert-alkyl or cyclic N) is 1. The van der Waals surface area contributed by atoms with Crippen molar-refractivity contribution in [1.29, 1.82) is 5.26 Å². The van der Waals surface area contributed by atoms with Gasteiger partial charge in [0.2, 0.25) is 0 Å². The summed E-state index contributed by atoms with van der Waals surface area (Å²) in [5.41, 5.74) is -2.12. The molecule has 1 aliphatic heterocycles. The summed E-state index contributed by atoms with van der Waals surface area (Å²) in [7, 11) is -2.74. The second kappa shape index (κ2) is 7.31. The van der Waals surface area contributed by atoms with Gasteiger partial charge in [-0.2, -0.15) is 14.7 Å². The summed E-state index contributed by atoms with van der Waals surface area (Å²) in [6.45, 7) is -1.57. The lowest BCUT2D eigenvalue weighted by atomic mass is 10.0. The topological polar surface area (TPSA) is 129 Å². The van der Waals surface area contributed by atoms with E-state index < -0.39 is 40.7 Å². The van der Waals surface area contributed by atoms with Crippen LogP contribution in [0.1, 0.15) is 5.56 Å². The van der Waals surface area contributed by atoms with Gasteiger partial charge in [0.05, 0.1) is 29.9 Å². The molecule has 3 rings (SSSR count). The first kappa shape index (κ1) is 20.5. The van der Waals surface area contributed by atoms with Crippen LogP contribution in [0.5, 0.6) is 5.75 Å². The summed E-state index contributed by atoms with van der Waals surface area (Å²) in [4.78, 5) is 0. The smallest absolute Gasteiger partial charge is 0.261 e. The number of aliphatic hydroxyl groups excluding tert-OH is 1. The number of halogens is 2. The van der Waals surface area contributed by atoms with Crippen LogP contribution >= 0.6 is 11.6 Å². The van der Waals surface area contributed by atoms with Crippen molar-refractivity contribution in [3.63, 3.8) is 0 Å². The standard InChI is InChI=1S/C16H16ClFN4O5S/c1-21-15(12(17)6-20-21)28(25,26)22-7-14(16(24,8-22)9-23)27-11-3-2-10(5-19)13(18)4-11/h2-4,6,14,23-24H,7-9H2,1H3/t14-,16+/m0/s1. The summed E-state index contributed by atoms with van der Waals surface area (Å²) in [6.07, 6.45) is -0.0115. The van der Waals surface area contributed by atoms with Crippen molar-refractivity contribution in [1.82, 2.24) is 14.1 Å². The molecule has 12 heteroatoms. The summed E-state index contributed by atoms with van der Waals surface area (Å²) in [5.74, 6) is -0.845. The Labute approximate surface area is 165 Å². The number of hydrogen-bond donors (Lipinski definition) is 2. The van der Waals surface area contributed by atoms with Crippen LogP contribution in [-0.2, 0) is 17.1 Å². The fourth-order valence-corrected chi connectivity index (χ4v) is 5.05. The number of aryl methyl sites for hydroxylation is 1. The van der Waals surface area contributed by atoms with Crippen molar-refractivity contribution < 1.29 is 27.8 Å². The van der Waals surface area contributed by atoms with Crippen LogP contribution in [0.2, 0.25) is 5.02 Å². The number of ether oxygens (including phenoxy) is 1. The normalized spacial score (nSPS) is 22.9. The third-order valence-corrected chi connectivity index (χ3v) is 6.78. The van der Waals surface area contributed by atoms with E-state index in [0.717, 1.165) is 15.1 Å². The molecule has 2 heterocycles. The second-order valence-electron chi connectivity index (χ2n) is 6.34. The van der Waals surface area contributed by atoms with Gasteiger partial charge in [-0.15, -0.1) is 0 Å². The molecule has 0 radical (unpaired) electrons. The molecule has 1 saturated heterocycles. The highest BCUT2D eigenvalue weighted by Gasteiger charge is 2.51. The quantitative estimate of drug-likeness (QED) is 0.696. The molecular weight excluding hydrogens is 415 g/mol. The van der Waals surface area contributed by atoms with Crippen molar-refractivity contribution in [2.75, 3.05) is 19.7 Å². The molecule has 1 aromatic heterocycles. The number of sulfonamides is 1. The van der Waals surface area contributed by atoms with Gasteiger partial charge in [0.25, 0.3) is 10.0 Å². The Morgan fingerprint density at radius 2 is 2.25 bits per heavy atom. The Morgan fingerprint density at radius 1 is 1.54 bits per heavy atom. The van der Waals surface area contributed by atoms with E-state index in [0.29, 0.717) is 0 Å². The molecule has 2 atom stereocenters. The van der Waals surface area contributed by atoms with Crippen LogP contribution in [0.4, 0.5) is 4.39 Å². The number of aliphatic hydroxyl groups is 2. The third kappa shape index (κ3) is 3.45. The molecule has 0 aliphatic carbocycles. The highest BCUT2D eigenvalue weighted by Crippen LogP contribution is 2.32. The maximum atomic E-state index is 13.8. The van der Waals surface area contributed by atoms with Gasteiger partial charge in [0, 0.05) is 19.7 Å². The van der Waals surface area contributed by atoms with Gasteiger partial charge in [0.1, 0.15) is 29.3 Å². The van der Waals surface area contributed by atoms with Crippen LogP contribution in [-0.4, -0.2) is 64.1 Å². The van der Waals surface area contributed by atoms with Gasteiger partial charge in [-0.25, -0.2) is 12.8 Å². The molecule has 0 saturated carbocycles. The first-order valence-corrected chi connectivity index (χ1v) is 9.81. The molecule has 9 nitrogen and oxygen atoms in total. The van der Waals surface area contributed by atoms with Gasteiger partial charge in [-0.3, -0.25) is 4.68 Å². The maximum absolute atomic E-state index is 13.8. The van der Waals surface area contributed by atoms with Crippen LogP contribution in [0, 0.1) is 17.1 Å².